The standard InChI is InChI=1S/C15H14O8/c1-4-21-15(20)10-6-5-9(7-11(10)12(16)17)14(19)23-22-13(18)8(2)3/h5-7H,2,4H2,1,3H3,(H,16,17). The molecule has 23 heavy (non-hydrogen) atoms. The molecule has 0 saturated carbocycles. The molecule has 1 aromatic rings. The molecule has 0 fully saturated rings. The zero-order valence-corrected chi connectivity index (χ0v) is 12.5. The van der Waals surface area contributed by atoms with E-state index in [1.807, 2.05) is 0 Å². The average molecular weight is 322 g/mol. The first-order chi connectivity index (χ1) is 10.8. The van der Waals surface area contributed by atoms with E-state index in [-0.39, 0.29) is 23.3 Å². The second-order valence-corrected chi connectivity index (χ2v) is 4.31. The Bertz CT molecular complexity index is 674. The van der Waals surface area contributed by atoms with Crippen LogP contribution in [0.15, 0.2) is 30.4 Å². The number of hydrogen-bond acceptors (Lipinski definition) is 7. The van der Waals surface area contributed by atoms with Crippen molar-refractivity contribution in [1.29, 1.82) is 0 Å². The topological polar surface area (TPSA) is 116 Å². The fourth-order valence-corrected chi connectivity index (χ4v) is 1.43. The largest absolute Gasteiger partial charge is 0.478 e. The van der Waals surface area contributed by atoms with Gasteiger partial charge in [-0.3, -0.25) is 0 Å². The molecule has 8 nitrogen and oxygen atoms in total. The molecule has 0 aliphatic carbocycles. The highest BCUT2D eigenvalue weighted by molar-refractivity contribution is 6.04. The van der Waals surface area contributed by atoms with Gasteiger partial charge in [-0.05, 0) is 32.0 Å². The molecule has 0 unspecified atom stereocenters. The summed E-state index contributed by atoms with van der Waals surface area (Å²) in [6.45, 7) is 6.29. The molecular formula is C15H14O8. The van der Waals surface area contributed by atoms with Crippen molar-refractivity contribution in [2.45, 2.75) is 13.8 Å². The lowest BCUT2D eigenvalue weighted by Crippen LogP contribution is -2.15. The Morgan fingerprint density at radius 1 is 1.09 bits per heavy atom. The summed E-state index contributed by atoms with van der Waals surface area (Å²) >= 11 is 0. The Balaban J connectivity index is 3.01. The number of ether oxygens (including phenoxy) is 1. The number of carbonyl (C=O) groups is 4. The van der Waals surface area contributed by atoms with Crippen molar-refractivity contribution in [3.63, 3.8) is 0 Å². The monoisotopic (exact) mass is 322 g/mol. The van der Waals surface area contributed by atoms with Gasteiger partial charge in [-0.15, -0.1) is 0 Å². The molecule has 122 valence electrons. The molecule has 0 spiro atoms. The van der Waals surface area contributed by atoms with Gasteiger partial charge in [0.1, 0.15) is 0 Å². The summed E-state index contributed by atoms with van der Waals surface area (Å²) in [6.07, 6.45) is 0. The van der Waals surface area contributed by atoms with Crippen molar-refractivity contribution < 1.29 is 38.8 Å². The number of carboxylic acids is 1. The smallest absolute Gasteiger partial charge is 0.386 e. The van der Waals surface area contributed by atoms with Crippen LogP contribution in [0.3, 0.4) is 0 Å². The van der Waals surface area contributed by atoms with E-state index < -0.39 is 29.4 Å². The van der Waals surface area contributed by atoms with E-state index in [0.717, 1.165) is 18.2 Å². The van der Waals surface area contributed by atoms with Crippen LogP contribution in [0.2, 0.25) is 0 Å². The maximum absolute atomic E-state index is 11.7. The van der Waals surface area contributed by atoms with Gasteiger partial charge in [-0.2, -0.15) is 0 Å². The minimum atomic E-state index is -1.43. The van der Waals surface area contributed by atoms with Crippen molar-refractivity contribution in [1.82, 2.24) is 0 Å². The van der Waals surface area contributed by atoms with Crippen LogP contribution in [0.5, 0.6) is 0 Å². The van der Waals surface area contributed by atoms with E-state index in [1.165, 1.54) is 6.92 Å². The maximum Gasteiger partial charge on any atom is 0.386 e. The second kappa shape index (κ2) is 7.74. The van der Waals surface area contributed by atoms with Gasteiger partial charge in [0.15, 0.2) is 0 Å². The van der Waals surface area contributed by atoms with Gasteiger partial charge in [0.05, 0.1) is 23.3 Å². The van der Waals surface area contributed by atoms with E-state index in [9.17, 15) is 19.2 Å². The number of benzene rings is 1. The summed E-state index contributed by atoms with van der Waals surface area (Å²) < 4.78 is 4.73. The van der Waals surface area contributed by atoms with Crippen LogP contribution in [-0.2, 0) is 19.3 Å². The Labute approximate surface area is 131 Å². The summed E-state index contributed by atoms with van der Waals surface area (Å²) in [4.78, 5) is 54.2. The lowest BCUT2D eigenvalue weighted by Gasteiger charge is -2.07. The number of carbonyl (C=O) groups excluding carboxylic acids is 3. The van der Waals surface area contributed by atoms with Crippen molar-refractivity contribution in [3.05, 3.63) is 47.0 Å². The maximum atomic E-state index is 11.7. The van der Waals surface area contributed by atoms with Gasteiger partial charge in [-0.25, -0.2) is 29.0 Å². The summed E-state index contributed by atoms with van der Waals surface area (Å²) in [5, 5.41) is 9.12. The molecule has 0 aliphatic heterocycles. The van der Waals surface area contributed by atoms with Crippen LogP contribution in [0.25, 0.3) is 0 Å². The van der Waals surface area contributed by atoms with Gasteiger partial charge in [-0.1, -0.05) is 6.58 Å². The summed E-state index contributed by atoms with van der Waals surface area (Å²) in [7, 11) is 0. The molecule has 1 rings (SSSR count). The van der Waals surface area contributed by atoms with E-state index in [1.54, 1.807) is 6.92 Å². The Kier molecular flexibility index (Phi) is 6.02. The van der Waals surface area contributed by atoms with Crippen LogP contribution in [0.4, 0.5) is 0 Å². The first-order valence-corrected chi connectivity index (χ1v) is 6.41. The van der Waals surface area contributed by atoms with Gasteiger partial charge in [0.25, 0.3) is 0 Å². The number of esters is 1. The number of rotatable bonds is 5. The predicted octanol–water partition coefficient (Wildman–Crippen LogP) is 1.75. The fraction of sp³-hybridized carbons (Fsp3) is 0.200. The van der Waals surface area contributed by atoms with Crippen LogP contribution >= 0.6 is 0 Å². The highest BCUT2D eigenvalue weighted by Crippen LogP contribution is 2.15. The molecule has 0 radical (unpaired) electrons. The Morgan fingerprint density at radius 2 is 1.74 bits per heavy atom. The summed E-state index contributed by atoms with van der Waals surface area (Å²) in [6, 6.07) is 3.18. The van der Waals surface area contributed by atoms with Crippen LogP contribution < -0.4 is 0 Å². The predicted molar refractivity (Wildman–Crippen MR) is 75.7 cm³/mol. The molecule has 0 saturated heterocycles. The molecule has 1 aromatic carbocycles. The van der Waals surface area contributed by atoms with E-state index in [0.29, 0.717) is 0 Å². The van der Waals surface area contributed by atoms with Crippen molar-refractivity contribution in [3.8, 4) is 0 Å². The van der Waals surface area contributed by atoms with Crippen LogP contribution in [0, 0.1) is 0 Å². The molecule has 0 heterocycles. The van der Waals surface area contributed by atoms with E-state index in [2.05, 4.69) is 16.4 Å². The average Bonchev–Trinajstić information content (AvgIpc) is 2.51. The number of aromatic carboxylic acids is 1. The van der Waals surface area contributed by atoms with Crippen LogP contribution in [0.1, 0.15) is 44.9 Å². The third kappa shape index (κ3) is 4.67. The van der Waals surface area contributed by atoms with Gasteiger partial charge in [0.2, 0.25) is 0 Å². The quantitative estimate of drug-likeness (QED) is 0.377. The lowest BCUT2D eigenvalue weighted by molar-refractivity contribution is -0.229. The minimum Gasteiger partial charge on any atom is -0.478 e. The molecule has 0 amide bonds. The summed E-state index contributed by atoms with van der Waals surface area (Å²) in [5.74, 6) is -4.31. The number of hydrogen-bond donors (Lipinski definition) is 1. The van der Waals surface area contributed by atoms with Crippen molar-refractivity contribution in [2.24, 2.45) is 0 Å². The minimum absolute atomic E-state index is 0.0154. The van der Waals surface area contributed by atoms with Gasteiger partial charge in [0, 0.05) is 5.57 Å². The molecule has 0 atom stereocenters. The zero-order valence-electron chi connectivity index (χ0n) is 12.5. The SMILES string of the molecule is C=C(C)C(=O)OOC(=O)c1ccc(C(=O)OCC)c(C(=O)O)c1. The third-order valence-electron chi connectivity index (χ3n) is 2.52. The fourth-order valence-electron chi connectivity index (χ4n) is 1.43. The molecule has 0 aliphatic rings. The van der Waals surface area contributed by atoms with Crippen molar-refractivity contribution in [2.75, 3.05) is 6.61 Å². The molecule has 0 aromatic heterocycles. The van der Waals surface area contributed by atoms with E-state index >= 15 is 0 Å². The number of carboxylic acid groups (broad SMARTS) is 1. The van der Waals surface area contributed by atoms with Crippen LogP contribution in [-0.4, -0.2) is 35.6 Å². The molecule has 8 heteroatoms. The molecule has 1 N–H and O–H groups in total. The molecular weight excluding hydrogens is 308 g/mol. The molecule has 0 bridgehead atoms. The van der Waals surface area contributed by atoms with Crippen molar-refractivity contribution >= 4 is 23.9 Å². The lowest BCUT2D eigenvalue weighted by atomic mass is 10.0. The van der Waals surface area contributed by atoms with E-state index in [4.69, 9.17) is 9.84 Å². The second-order valence-electron chi connectivity index (χ2n) is 4.31. The highest BCUT2D eigenvalue weighted by atomic mass is 17.2. The third-order valence-corrected chi connectivity index (χ3v) is 2.52. The Morgan fingerprint density at radius 3 is 2.26 bits per heavy atom. The first kappa shape index (κ1) is 17.9. The highest BCUT2D eigenvalue weighted by Gasteiger charge is 2.21. The normalized spacial score (nSPS) is 9.65. The zero-order chi connectivity index (χ0) is 17.6. The summed E-state index contributed by atoms with van der Waals surface area (Å²) in [5.41, 5.74) is -0.856. The van der Waals surface area contributed by atoms with Gasteiger partial charge >= 0.3 is 23.9 Å². The van der Waals surface area contributed by atoms with Gasteiger partial charge < -0.3 is 9.84 Å². The Hall–Kier alpha value is -3.16. The first-order valence-electron chi connectivity index (χ1n) is 6.41.